The quantitative estimate of drug-likeness (QED) is 0.689. The van der Waals surface area contributed by atoms with Crippen LogP contribution in [0, 0.1) is 0 Å². The van der Waals surface area contributed by atoms with Crippen LogP contribution in [0.5, 0.6) is 0 Å². The molecule has 7 nitrogen and oxygen atoms in total. The molecule has 112 valence electrons. The zero-order chi connectivity index (χ0) is 14.7. The first-order valence-corrected chi connectivity index (χ1v) is 10.0. The van der Waals surface area contributed by atoms with Gasteiger partial charge in [-0.15, -0.1) is 0 Å². The van der Waals surface area contributed by atoms with Crippen molar-refractivity contribution in [1.29, 1.82) is 0 Å². The lowest BCUT2D eigenvalue weighted by Crippen LogP contribution is -2.28. The minimum absolute atomic E-state index is 0.133. The molecular weight excluding hydrogens is 312 g/mol. The van der Waals surface area contributed by atoms with E-state index in [0.717, 1.165) is 11.8 Å². The van der Waals surface area contributed by atoms with Crippen LogP contribution in [0.3, 0.4) is 0 Å². The fourth-order valence-corrected chi connectivity index (χ4v) is 7.05. The first-order valence-electron chi connectivity index (χ1n) is 5.70. The fraction of sp³-hybridized carbons (Fsp3) is 0.889. The maximum Gasteiger partial charge on any atom is 0.385 e. The van der Waals surface area contributed by atoms with Crippen LogP contribution in [0.15, 0.2) is 4.76 Å². The molecule has 1 aliphatic heterocycles. The van der Waals surface area contributed by atoms with Crippen molar-refractivity contribution in [3.8, 4) is 0 Å². The highest BCUT2D eigenvalue weighted by Crippen LogP contribution is 2.80. The van der Waals surface area contributed by atoms with Crippen LogP contribution in [0.2, 0.25) is 0 Å². The minimum atomic E-state index is -3.81. The lowest BCUT2D eigenvalue weighted by molar-refractivity contribution is 0.140. The molecular formula is C9H19NO6P2S. The summed E-state index contributed by atoms with van der Waals surface area (Å²) < 4.78 is 50.4. The summed E-state index contributed by atoms with van der Waals surface area (Å²) in [7, 11) is -6.27. The molecule has 1 aliphatic rings. The summed E-state index contributed by atoms with van der Waals surface area (Å²) in [5, 5.41) is -1.61. The van der Waals surface area contributed by atoms with Crippen molar-refractivity contribution < 1.29 is 27.4 Å². The van der Waals surface area contributed by atoms with Gasteiger partial charge >= 0.3 is 20.2 Å². The third-order valence-corrected chi connectivity index (χ3v) is 9.08. The summed E-state index contributed by atoms with van der Waals surface area (Å²) in [6.45, 7) is 4.98. The smallest absolute Gasteiger partial charge is 0.385 e. The average Bonchev–Trinajstić information content (AvgIpc) is 2.64. The van der Waals surface area contributed by atoms with Crippen LogP contribution in [0.4, 0.5) is 0 Å². The highest BCUT2D eigenvalue weighted by molar-refractivity contribution is 8.13. The lowest BCUT2D eigenvalue weighted by atomic mass is 10.8. The molecule has 0 aliphatic carbocycles. The van der Waals surface area contributed by atoms with Gasteiger partial charge in [-0.3, -0.25) is 9.13 Å². The Bertz CT molecular complexity index is 446. The second-order valence-corrected chi connectivity index (χ2v) is 9.58. The van der Waals surface area contributed by atoms with E-state index in [1.54, 1.807) is 20.1 Å². The van der Waals surface area contributed by atoms with Gasteiger partial charge in [0, 0.05) is 7.11 Å². The van der Waals surface area contributed by atoms with E-state index in [2.05, 4.69) is 4.76 Å². The van der Waals surface area contributed by atoms with Gasteiger partial charge in [0.2, 0.25) is 0 Å². The van der Waals surface area contributed by atoms with Crippen molar-refractivity contribution in [2.24, 2.45) is 4.76 Å². The standard InChI is InChI=1S/C9H19NO6P2S/c1-6-14-18(12,15-7-2)9(3)16-8(19-5)10-17(9,11)13-4/h6-7H2,1-5H3. The molecule has 0 aromatic rings. The first kappa shape index (κ1) is 17.2. The van der Waals surface area contributed by atoms with E-state index in [1.165, 1.54) is 14.0 Å². The molecule has 10 heteroatoms. The Hall–Kier alpha value is 0.160. The van der Waals surface area contributed by atoms with Gasteiger partial charge in [-0.2, -0.15) is 4.76 Å². The van der Waals surface area contributed by atoms with Crippen LogP contribution in [0.25, 0.3) is 0 Å². The molecule has 0 fully saturated rings. The highest BCUT2D eigenvalue weighted by atomic mass is 32.2. The zero-order valence-electron chi connectivity index (χ0n) is 11.6. The molecule has 0 aromatic heterocycles. The summed E-state index contributed by atoms with van der Waals surface area (Å²) in [6.07, 6.45) is 1.71. The number of ether oxygens (including phenoxy) is 1. The van der Waals surface area contributed by atoms with E-state index in [-0.39, 0.29) is 18.4 Å². The molecule has 2 atom stereocenters. The largest absolute Gasteiger partial charge is 0.441 e. The van der Waals surface area contributed by atoms with Crippen LogP contribution >= 0.6 is 26.9 Å². The highest BCUT2D eigenvalue weighted by Gasteiger charge is 2.67. The number of hydrogen-bond acceptors (Lipinski definition) is 7. The Morgan fingerprint density at radius 1 is 1.42 bits per heavy atom. The van der Waals surface area contributed by atoms with Crippen molar-refractivity contribution in [2.45, 2.75) is 25.9 Å². The monoisotopic (exact) mass is 331 g/mol. The Balaban J connectivity index is 3.28. The average molecular weight is 331 g/mol. The van der Waals surface area contributed by atoms with Gasteiger partial charge in [0.1, 0.15) is 0 Å². The number of rotatable bonds is 6. The van der Waals surface area contributed by atoms with E-state index in [4.69, 9.17) is 18.3 Å². The summed E-state index contributed by atoms with van der Waals surface area (Å²) >= 11 is 1.15. The summed E-state index contributed by atoms with van der Waals surface area (Å²) in [5.74, 6) is 0. The first-order chi connectivity index (χ1) is 8.82. The molecule has 0 saturated heterocycles. The molecule has 1 rings (SSSR count). The van der Waals surface area contributed by atoms with Crippen molar-refractivity contribution in [3.05, 3.63) is 0 Å². The summed E-state index contributed by atoms with van der Waals surface area (Å²) in [4.78, 5) is 0. The van der Waals surface area contributed by atoms with Gasteiger partial charge in [-0.05, 0) is 27.0 Å². The van der Waals surface area contributed by atoms with Crippen molar-refractivity contribution in [2.75, 3.05) is 26.6 Å². The Kier molecular flexibility index (Phi) is 5.70. The van der Waals surface area contributed by atoms with E-state index < -0.39 is 20.2 Å². The van der Waals surface area contributed by atoms with E-state index in [0.29, 0.717) is 0 Å². The van der Waals surface area contributed by atoms with Crippen LogP contribution in [-0.2, 0) is 27.4 Å². The fourth-order valence-electron chi connectivity index (χ4n) is 1.56. The van der Waals surface area contributed by atoms with E-state index in [9.17, 15) is 9.13 Å². The van der Waals surface area contributed by atoms with Gasteiger partial charge in [0.15, 0.2) is 0 Å². The van der Waals surface area contributed by atoms with Gasteiger partial charge in [-0.25, -0.2) is 0 Å². The third kappa shape index (κ3) is 2.80. The lowest BCUT2D eigenvalue weighted by Gasteiger charge is -2.33. The minimum Gasteiger partial charge on any atom is -0.441 e. The number of nitrogens with zero attached hydrogens (tertiary/aromatic N) is 1. The summed E-state index contributed by atoms with van der Waals surface area (Å²) in [5.41, 5.74) is 0. The van der Waals surface area contributed by atoms with Crippen molar-refractivity contribution in [3.63, 3.8) is 0 Å². The van der Waals surface area contributed by atoms with E-state index in [1.807, 2.05) is 0 Å². The maximum atomic E-state index is 12.9. The second-order valence-electron chi connectivity index (χ2n) is 3.64. The van der Waals surface area contributed by atoms with Crippen LogP contribution < -0.4 is 0 Å². The van der Waals surface area contributed by atoms with Gasteiger partial charge in [0.25, 0.3) is 5.23 Å². The predicted octanol–water partition coefficient (Wildman–Crippen LogP) is 3.51. The second kappa shape index (κ2) is 6.29. The van der Waals surface area contributed by atoms with Gasteiger partial charge in [0.05, 0.1) is 13.2 Å². The summed E-state index contributed by atoms with van der Waals surface area (Å²) in [6, 6.07) is 0. The van der Waals surface area contributed by atoms with Crippen LogP contribution in [-0.4, -0.2) is 36.9 Å². The van der Waals surface area contributed by atoms with Crippen molar-refractivity contribution >= 4 is 32.1 Å². The number of hydrogen-bond donors (Lipinski definition) is 0. The SMILES string of the molecule is CCOP(=O)(OCC)C1(C)OC(SC)=NP1(=O)OC. The van der Waals surface area contributed by atoms with Gasteiger partial charge in [-0.1, -0.05) is 11.8 Å². The molecule has 0 amide bonds. The molecule has 0 radical (unpaired) electrons. The Morgan fingerprint density at radius 2 is 1.95 bits per heavy atom. The Labute approximate surface area is 117 Å². The third-order valence-electron chi connectivity index (χ3n) is 2.55. The molecule has 0 aromatic carbocycles. The van der Waals surface area contributed by atoms with Gasteiger partial charge < -0.3 is 18.3 Å². The molecule has 0 bridgehead atoms. The normalized spacial score (nSPS) is 31.1. The zero-order valence-corrected chi connectivity index (χ0v) is 14.2. The van der Waals surface area contributed by atoms with Crippen molar-refractivity contribution in [1.82, 2.24) is 0 Å². The van der Waals surface area contributed by atoms with E-state index >= 15 is 0 Å². The molecule has 1 heterocycles. The van der Waals surface area contributed by atoms with Crippen LogP contribution in [0.1, 0.15) is 20.8 Å². The Morgan fingerprint density at radius 3 is 2.32 bits per heavy atom. The molecule has 0 spiro atoms. The molecule has 19 heavy (non-hydrogen) atoms. The molecule has 0 N–H and O–H groups in total. The number of thioether (sulfide) groups is 1. The predicted molar refractivity (Wildman–Crippen MR) is 75.9 cm³/mol. The topological polar surface area (TPSA) is 83.4 Å². The molecule has 2 unspecified atom stereocenters. The maximum absolute atomic E-state index is 12.9. The molecule has 0 saturated carbocycles.